The summed E-state index contributed by atoms with van der Waals surface area (Å²) in [5.41, 5.74) is 1.21. The molecule has 1 saturated heterocycles. The maximum absolute atomic E-state index is 10.9. The van der Waals surface area contributed by atoms with Crippen molar-refractivity contribution in [2.75, 3.05) is 19.6 Å². The molecule has 0 spiro atoms. The predicted octanol–water partition coefficient (Wildman–Crippen LogP) is 3.34. The molecule has 1 heterocycles. The number of carboxylic acid groups (broad SMARTS) is 1. The summed E-state index contributed by atoms with van der Waals surface area (Å²) in [6.45, 7) is 7.50. The molecule has 1 N–H and O–H groups in total. The van der Waals surface area contributed by atoms with Crippen LogP contribution in [0.25, 0.3) is 0 Å². The van der Waals surface area contributed by atoms with E-state index in [0.717, 1.165) is 37.2 Å². The van der Waals surface area contributed by atoms with Gasteiger partial charge in [-0.05, 0) is 56.5 Å². The van der Waals surface area contributed by atoms with E-state index < -0.39 is 5.97 Å². The third-order valence-electron chi connectivity index (χ3n) is 4.08. The molecule has 0 aliphatic carbocycles. The molecular weight excluding hydrogens is 266 g/mol. The smallest absolute Gasteiger partial charge is 0.335 e. The summed E-state index contributed by atoms with van der Waals surface area (Å²) in [5.74, 6) is -0.0825. The van der Waals surface area contributed by atoms with Gasteiger partial charge in [0.2, 0.25) is 0 Å². The van der Waals surface area contributed by atoms with Crippen LogP contribution in [0.5, 0.6) is 5.75 Å². The molecule has 1 fully saturated rings. The number of benzene rings is 1. The van der Waals surface area contributed by atoms with Gasteiger partial charge in [-0.3, -0.25) is 0 Å². The van der Waals surface area contributed by atoms with Crippen LogP contribution in [0, 0.1) is 6.92 Å². The molecule has 1 aromatic rings. The molecule has 0 saturated carbocycles. The molecule has 1 aliphatic rings. The lowest BCUT2D eigenvalue weighted by atomic mass is 10.1. The number of hydrogen-bond donors (Lipinski definition) is 1. The summed E-state index contributed by atoms with van der Waals surface area (Å²) in [7, 11) is 0. The van der Waals surface area contributed by atoms with Crippen molar-refractivity contribution in [2.45, 2.75) is 45.6 Å². The zero-order chi connectivity index (χ0) is 15.2. The lowest BCUT2D eigenvalue weighted by molar-refractivity contribution is 0.0696. The van der Waals surface area contributed by atoms with Gasteiger partial charge in [0.25, 0.3) is 0 Å². The first-order valence-corrected chi connectivity index (χ1v) is 7.83. The molecule has 1 aromatic carbocycles. The Labute approximate surface area is 126 Å². The number of piperidine rings is 1. The molecule has 0 amide bonds. The fourth-order valence-electron chi connectivity index (χ4n) is 2.73. The molecule has 2 rings (SSSR count). The van der Waals surface area contributed by atoms with E-state index in [1.807, 2.05) is 6.92 Å². The van der Waals surface area contributed by atoms with Gasteiger partial charge in [-0.1, -0.05) is 13.3 Å². The van der Waals surface area contributed by atoms with Crippen molar-refractivity contribution in [3.05, 3.63) is 29.3 Å². The molecular formula is C17H25NO3. The maximum atomic E-state index is 10.9. The van der Waals surface area contributed by atoms with Gasteiger partial charge in [0.05, 0.1) is 5.56 Å². The number of unbranched alkanes of at least 4 members (excludes halogenated alkanes) is 1. The molecule has 4 heteroatoms. The monoisotopic (exact) mass is 291 g/mol. The van der Waals surface area contributed by atoms with Crippen molar-refractivity contribution >= 4 is 5.97 Å². The Morgan fingerprint density at radius 2 is 2.10 bits per heavy atom. The van der Waals surface area contributed by atoms with Crippen LogP contribution in [-0.2, 0) is 0 Å². The second kappa shape index (κ2) is 7.46. The van der Waals surface area contributed by atoms with E-state index >= 15 is 0 Å². The fourth-order valence-corrected chi connectivity index (χ4v) is 2.73. The molecule has 0 bridgehead atoms. The van der Waals surface area contributed by atoms with Crippen molar-refractivity contribution in [2.24, 2.45) is 0 Å². The molecule has 21 heavy (non-hydrogen) atoms. The van der Waals surface area contributed by atoms with Crippen LogP contribution in [0.15, 0.2) is 18.2 Å². The highest BCUT2D eigenvalue weighted by molar-refractivity contribution is 5.88. The Morgan fingerprint density at radius 1 is 1.38 bits per heavy atom. The predicted molar refractivity (Wildman–Crippen MR) is 83.1 cm³/mol. The van der Waals surface area contributed by atoms with E-state index in [4.69, 9.17) is 9.84 Å². The third kappa shape index (κ3) is 4.46. The summed E-state index contributed by atoms with van der Waals surface area (Å²) >= 11 is 0. The first-order valence-electron chi connectivity index (χ1n) is 7.83. The van der Waals surface area contributed by atoms with Crippen LogP contribution in [0.3, 0.4) is 0 Å². The van der Waals surface area contributed by atoms with E-state index in [1.165, 1.54) is 19.4 Å². The minimum atomic E-state index is -0.895. The number of ether oxygens (including phenoxy) is 1. The minimum absolute atomic E-state index is 0.247. The van der Waals surface area contributed by atoms with Gasteiger partial charge in [-0.15, -0.1) is 0 Å². The lowest BCUT2D eigenvalue weighted by Gasteiger charge is -2.32. The van der Waals surface area contributed by atoms with Gasteiger partial charge in [0.15, 0.2) is 0 Å². The Kier molecular flexibility index (Phi) is 5.62. The van der Waals surface area contributed by atoms with Crippen LogP contribution in [0.4, 0.5) is 0 Å². The Bertz CT molecular complexity index is 479. The second-order valence-electron chi connectivity index (χ2n) is 5.80. The Hall–Kier alpha value is -1.55. The number of rotatable bonds is 6. The topological polar surface area (TPSA) is 49.8 Å². The molecule has 0 aromatic heterocycles. The quantitative estimate of drug-likeness (QED) is 0.873. The zero-order valence-corrected chi connectivity index (χ0v) is 13.0. The van der Waals surface area contributed by atoms with Gasteiger partial charge in [0.1, 0.15) is 11.9 Å². The number of aryl methyl sites for hydroxylation is 1. The maximum Gasteiger partial charge on any atom is 0.335 e. The average molecular weight is 291 g/mol. The van der Waals surface area contributed by atoms with Gasteiger partial charge >= 0.3 is 5.97 Å². The van der Waals surface area contributed by atoms with E-state index in [0.29, 0.717) is 5.56 Å². The molecule has 4 nitrogen and oxygen atoms in total. The standard InChI is InChI=1S/C17H25NO3/c1-3-4-9-18-10-7-15(8-11-18)21-16-6-5-14(17(19)20)12-13(16)2/h5-6,12,15H,3-4,7-11H2,1-2H3,(H,19,20). The van der Waals surface area contributed by atoms with Crippen LogP contribution in [-0.4, -0.2) is 41.7 Å². The number of aromatic carboxylic acids is 1. The van der Waals surface area contributed by atoms with Crippen molar-refractivity contribution in [3.63, 3.8) is 0 Å². The SMILES string of the molecule is CCCCN1CCC(Oc2ccc(C(=O)O)cc2C)CC1. The van der Waals surface area contributed by atoms with E-state index in [9.17, 15) is 4.79 Å². The molecule has 0 unspecified atom stereocenters. The number of carboxylic acids is 1. The first-order chi connectivity index (χ1) is 10.1. The van der Waals surface area contributed by atoms with Gasteiger partial charge in [-0.25, -0.2) is 4.79 Å². The van der Waals surface area contributed by atoms with Crippen molar-refractivity contribution < 1.29 is 14.6 Å². The highest BCUT2D eigenvalue weighted by atomic mass is 16.5. The number of nitrogens with zero attached hydrogens (tertiary/aromatic N) is 1. The number of carbonyl (C=O) groups is 1. The summed E-state index contributed by atoms with van der Waals surface area (Å²) in [5, 5.41) is 8.98. The summed E-state index contributed by atoms with van der Waals surface area (Å²) in [6.07, 6.45) is 4.85. The minimum Gasteiger partial charge on any atom is -0.490 e. The first kappa shape index (κ1) is 15.8. The number of hydrogen-bond acceptors (Lipinski definition) is 3. The highest BCUT2D eigenvalue weighted by Crippen LogP contribution is 2.24. The van der Waals surface area contributed by atoms with Crippen LogP contribution in [0.2, 0.25) is 0 Å². The fraction of sp³-hybridized carbons (Fsp3) is 0.588. The van der Waals surface area contributed by atoms with Crippen LogP contribution in [0.1, 0.15) is 48.5 Å². The Balaban J connectivity index is 1.87. The highest BCUT2D eigenvalue weighted by Gasteiger charge is 2.20. The van der Waals surface area contributed by atoms with Crippen molar-refractivity contribution in [3.8, 4) is 5.75 Å². The van der Waals surface area contributed by atoms with E-state index in [1.54, 1.807) is 18.2 Å². The van der Waals surface area contributed by atoms with E-state index in [-0.39, 0.29) is 6.10 Å². The zero-order valence-electron chi connectivity index (χ0n) is 13.0. The van der Waals surface area contributed by atoms with Gasteiger partial charge < -0.3 is 14.7 Å². The number of likely N-dealkylation sites (tertiary alicyclic amines) is 1. The molecule has 0 radical (unpaired) electrons. The third-order valence-corrected chi connectivity index (χ3v) is 4.08. The second-order valence-corrected chi connectivity index (χ2v) is 5.80. The largest absolute Gasteiger partial charge is 0.490 e. The van der Waals surface area contributed by atoms with Crippen LogP contribution < -0.4 is 4.74 Å². The molecule has 0 atom stereocenters. The average Bonchev–Trinajstić information content (AvgIpc) is 2.48. The molecule has 1 aliphatic heterocycles. The molecule has 116 valence electrons. The summed E-state index contributed by atoms with van der Waals surface area (Å²) in [4.78, 5) is 13.4. The van der Waals surface area contributed by atoms with Crippen molar-refractivity contribution in [1.82, 2.24) is 4.90 Å². The van der Waals surface area contributed by atoms with Gasteiger partial charge in [-0.2, -0.15) is 0 Å². The van der Waals surface area contributed by atoms with Gasteiger partial charge in [0, 0.05) is 13.1 Å². The lowest BCUT2D eigenvalue weighted by Crippen LogP contribution is -2.38. The van der Waals surface area contributed by atoms with E-state index in [2.05, 4.69) is 11.8 Å². The van der Waals surface area contributed by atoms with Crippen LogP contribution >= 0.6 is 0 Å². The summed E-state index contributed by atoms with van der Waals surface area (Å²) < 4.78 is 6.05. The Morgan fingerprint density at radius 3 is 2.67 bits per heavy atom. The summed E-state index contributed by atoms with van der Waals surface area (Å²) in [6, 6.07) is 5.07. The normalized spacial score (nSPS) is 16.9. The van der Waals surface area contributed by atoms with Crippen molar-refractivity contribution in [1.29, 1.82) is 0 Å².